The molecule has 0 unspecified atom stereocenters. The number of fused-ring (bicyclic) bond motifs is 1. The molecule has 3 atom stereocenters. The number of hydrogen-bond donors (Lipinski definition) is 1. The van der Waals surface area contributed by atoms with E-state index < -0.39 is 6.10 Å². The second-order valence-corrected chi connectivity index (χ2v) is 5.89. The highest BCUT2D eigenvalue weighted by Crippen LogP contribution is 2.35. The number of hydrogen-bond acceptors (Lipinski definition) is 2. The molecular formula is C16H20N2O2. The van der Waals surface area contributed by atoms with Crippen LogP contribution in [0.1, 0.15) is 13.8 Å². The van der Waals surface area contributed by atoms with Gasteiger partial charge in [-0.15, -0.1) is 0 Å². The van der Waals surface area contributed by atoms with Gasteiger partial charge < -0.3 is 10.0 Å². The van der Waals surface area contributed by atoms with E-state index in [-0.39, 0.29) is 18.1 Å². The molecule has 1 saturated heterocycles. The normalized spacial score (nSPS) is 28.6. The fourth-order valence-corrected chi connectivity index (χ4v) is 3.12. The topological polar surface area (TPSA) is 43.8 Å². The van der Waals surface area contributed by atoms with Gasteiger partial charge in [0.05, 0.1) is 18.2 Å². The minimum absolute atomic E-state index is 0.0108. The largest absolute Gasteiger partial charge is 0.387 e. The van der Waals surface area contributed by atoms with Crippen molar-refractivity contribution in [2.24, 2.45) is 5.92 Å². The number of benzene rings is 1. The van der Waals surface area contributed by atoms with E-state index in [2.05, 4.69) is 13.8 Å². The summed E-state index contributed by atoms with van der Waals surface area (Å²) < 4.78 is 0. The summed E-state index contributed by atoms with van der Waals surface area (Å²) in [6, 6.07) is 9.42. The molecule has 20 heavy (non-hydrogen) atoms. The maximum absolute atomic E-state index is 12.7. The predicted octanol–water partition coefficient (Wildman–Crippen LogP) is 2.25. The van der Waals surface area contributed by atoms with Crippen molar-refractivity contribution in [3.8, 4) is 0 Å². The van der Waals surface area contributed by atoms with Crippen LogP contribution in [0.25, 0.3) is 0 Å². The van der Waals surface area contributed by atoms with Crippen molar-refractivity contribution in [1.29, 1.82) is 0 Å². The van der Waals surface area contributed by atoms with Gasteiger partial charge in [-0.3, -0.25) is 4.90 Å². The van der Waals surface area contributed by atoms with Gasteiger partial charge in [0.2, 0.25) is 0 Å². The smallest absolute Gasteiger partial charge is 0.325 e. The maximum atomic E-state index is 12.7. The average molecular weight is 272 g/mol. The van der Waals surface area contributed by atoms with Crippen LogP contribution >= 0.6 is 0 Å². The Morgan fingerprint density at radius 2 is 1.90 bits per heavy atom. The molecule has 4 nitrogen and oxygen atoms in total. The van der Waals surface area contributed by atoms with E-state index in [0.29, 0.717) is 12.5 Å². The summed E-state index contributed by atoms with van der Waals surface area (Å²) >= 11 is 0. The molecule has 1 fully saturated rings. The number of anilines is 1. The van der Waals surface area contributed by atoms with Crippen molar-refractivity contribution in [2.75, 3.05) is 11.4 Å². The molecule has 0 aromatic heterocycles. The lowest BCUT2D eigenvalue weighted by Crippen LogP contribution is -2.43. The molecule has 0 radical (unpaired) electrons. The summed E-state index contributed by atoms with van der Waals surface area (Å²) in [7, 11) is 0. The molecule has 0 saturated carbocycles. The highest BCUT2D eigenvalue weighted by atomic mass is 16.3. The van der Waals surface area contributed by atoms with E-state index >= 15 is 0 Å². The zero-order valence-electron chi connectivity index (χ0n) is 11.8. The molecule has 2 aliphatic rings. The van der Waals surface area contributed by atoms with Crippen LogP contribution in [0.3, 0.4) is 0 Å². The minimum atomic E-state index is -0.573. The van der Waals surface area contributed by atoms with E-state index in [1.165, 1.54) is 0 Å². The van der Waals surface area contributed by atoms with Crippen LogP contribution in [0.4, 0.5) is 10.5 Å². The second-order valence-electron chi connectivity index (χ2n) is 5.89. The van der Waals surface area contributed by atoms with Crippen molar-refractivity contribution in [1.82, 2.24) is 4.90 Å². The quantitative estimate of drug-likeness (QED) is 0.858. The van der Waals surface area contributed by atoms with Gasteiger partial charge in [-0.2, -0.15) is 0 Å². The number of rotatable bonds is 3. The number of amides is 2. The van der Waals surface area contributed by atoms with E-state index in [4.69, 9.17) is 0 Å². The molecule has 1 aromatic carbocycles. The third-order valence-corrected chi connectivity index (χ3v) is 3.91. The molecule has 0 spiro atoms. The third-order valence-electron chi connectivity index (χ3n) is 3.91. The Morgan fingerprint density at radius 3 is 2.55 bits per heavy atom. The molecule has 1 heterocycles. The van der Waals surface area contributed by atoms with Crippen LogP contribution in [-0.4, -0.2) is 40.8 Å². The van der Waals surface area contributed by atoms with Gasteiger partial charge >= 0.3 is 6.03 Å². The van der Waals surface area contributed by atoms with E-state index in [1.54, 1.807) is 11.0 Å². The second kappa shape index (κ2) is 4.94. The molecule has 3 rings (SSSR count). The van der Waals surface area contributed by atoms with Gasteiger partial charge in [-0.1, -0.05) is 44.2 Å². The highest BCUT2D eigenvalue weighted by molar-refractivity contribution is 5.96. The lowest BCUT2D eigenvalue weighted by Gasteiger charge is -2.26. The molecule has 1 aliphatic carbocycles. The molecular weight excluding hydrogens is 252 g/mol. The predicted molar refractivity (Wildman–Crippen MR) is 78.6 cm³/mol. The Hall–Kier alpha value is -1.81. The standard InChI is InChI=1S/C16H20N2O2/c1-11(2)10-17-15-13(8-9-14(15)19)18(16(17)20)12-6-4-3-5-7-12/h3-9,11,13-15,19H,10H2,1-2H3/t13-,14-,15-/m1/s1. The first-order chi connectivity index (χ1) is 9.59. The lowest BCUT2D eigenvalue weighted by atomic mass is 10.1. The van der Waals surface area contributed by atoms with Crippen molar-refractivity contribution in [3.05, 3.63) is 42.5 Å². The molecule has 0 bridgehead atoms. The van der Waals surface area contributed by atoms with Crippen LogP contribution in [0, 0.1) is 5.92 Å². The van der Waals surface area contributed by atoms with Crippen LogP contribution in [-0.2, 0) is 0 Å². The first kappa shape index (κ1) is 13.2. The van der Waals surface area contributed by atoms with Gasteiger partial charge in [0.1, 0.15) is 0 Å². The Balaban J connectivity index is 1.96. The van der Waals surface area contributed by atoms with Gasteiger partial charge in [0.25, 0.3) is 0 Å². The van der Waals surface area contributed by atoms with Crippen LogP contribution in [0.2, 0.25) is 0 Å². The Morgan fingerprint density at radius 1 is 1.20 bits per heavy atom. The van der Waals surface area contributed by atoms with Gasteiger partial charge in [-0.05, 0) is 18.1 Å². The fraction of sp³-hybridized carbons (Fsp3) is 0.438. The van der Waals surface area contributed by atoms with E-state index in [0.717, 1.165) is 5.69 Å². The number of aliphatic hydroxyl groups excluding tert-OH is 1. The molecule has 4 heteroatoms. The zero-order chi connectivity index (χ0) is 14.3. The van der Waals surface area contributed by atoms with Crippen LogP contribution < -0.4 is 4.90 Å². The van der Waals surface area contributed by atoms with Gasteiger partial charge in [0, 0.05) is 12.2 Å². The highest BCUT2D eigenvalue weighted by Gasteiger charge is 2.50. The number of carbonyl (C=O) groups is 1. The number of aliphatic hydroxyl groups is 1. The van der Waals surface area contributed by atoms with Crippen molar-refractivity contribution in [2.45, 2.75) is 32.0 Å². The SMILES string of the molecule is CC(C)CN1C(=O)N(c2ccccc2)[C@@H]2C=C[C@@H](O)[C@@H]21. The Kier molecular flexibility index (Phi) is 3.26. The number of para-hydroxylation sites is 1. The average Bonchev–Trinajstić information content (AvgIpc) is 2.91. The number of urea groups is 1. The van der Waals surface area contributed by atoms with Crippen molar-refractivity contribution < 1.29 is 9.90 Å². The summed E-state index contributed by atoms with van der Waals surface area (Å²) in [6.07, 6.45) is 3.17. The summed E-state index contributed by atoms with van der Waals surface area (Å²) in [5.41, 5.74) is 0.887. The first-order valence-corrected chi connectivity index (χ1v) is 7.11. The van der Waals surface area contributed by atoms with Crippen LogP contribution in [0.5, 0.6) is 0 Å². The van der Waals surface area contributed by atoms with Crippen molar-refractivity contribution >= 4 is 11.7 Å². The summed E-state index contributed by atoms with van der Waals surface area (Å²) in [5.74, 6) is 0.378. The summed E-state index contributed by atoms with van der Waals surface area (Å²) in [6.45, 7) is 4.84. The zero-order valence-corrected chi connectivity index (χ0v) is 11.8. The Labute approximate surface area is 119 Å². The summed E-state index contributed by atoms with van der Waals surface area (Å²) in [5, 5.41) is 10.2. The molecule has 106 valence electrons. The molecule has 1 aromatic rings. The van der Waals surface area contributed by atoms with Gasteiger partial charge in [-0.25, -0.2) is 4.79 Å². The van der Waals surface area contributed by atoms with Gasteiger partial charge in [0.15, 0.2) is 0 Å². The molecule has 1 aliphatic heterocycles. The molecule has 1 N–H and O–H groups in total. The fourth-order valence-electron chi connectivity index (χ4n) is 3.12. The van der Waals surface area contributed by atoms with E-state index in [1.807, 2.05) is 41.3 Å². The number of nitrogens with zero attached hydrogens (tertiary/aromatic N) is 2. The van der Waals surface area contributed by atoms with Crippen molar-refractivity contribution in [3.63, 3.8) is 0 Å². The maximum Gasteiger partial charge on any atom is 0.325 e. The third kappa shape index (κ3) is 2.00. The summed E-state index contributed by atoms with van der Waals surface area (Å²) in [4.78, 5) is 16.3. The lowest BCUT2D eigenvalue weighted by molar-refractivity contribution is 0.116. The Bertz CT molecular complexity index is 527. The van der Waals surface area contributed by atoms with E-state index in [9.17, 15) is 9.90 Å². The molecule has 2 amide bonds. The van der Waals surface area contributed by atoms with Crippen LogP contribution in [0.15, 0.2) is 42.5 Å². The minimum Gasteiger partial charge on any atom is -0.387 e. The number of carbonyl (C=O) groups excluding carboxylic acids is 1. The first-order valence-electron chi connectivity index (χ1n) is 7.11. The monoisotopic (exact) mass is 272 g/mol.